The highest BCUT2D eigenvalue weighted by molar-refractivity contribution is 5.90. The number of nitrogens with one attached hydrogen (secondary N) is 3. The van der Waals surface area contributed by atoms with Crippen LogP contribution in [0.3, 0.4) is 0 Å². The minimum Gasteiger partial charge on any atom is -0.358 e. The van der Waals surface area contributed by atoms with Crippen molar-refractivity contribution in [3.05, 3.63) is 53.0 Å². The number of rotatable bonds is 5. The van der Waals surface area contributed by atoms with E-state index in [1.807, 2.05) is 45.0 Å². The van der Waals surface area contributed by atoms with Crippen LogP contribution in [-0.2, 0) is 17.6 Å². The molecule has 0 radical (unpaired) electrons. The van der Waals surface area contributed by atoms with Gasteiger partial charge in [-0.1, -0.05) is 18.2 Å². The summed E-state index contributed by atoms with van der Waals surface area (Å²) < 4.78 is 0. The molecule has 3 rings (SSSR count). The largest absolute Gasteiger partial charge is 0.358 e. The lowest BCUT2D eigenvalue weighted by Gasteiger charge is -2.12. The molecule has 2 heterocycles. The Morgan fingerprint density at radius 1 is 1.30 bits per heavy atom. The van der Waals surface area contributed by atoms with Crippen LogP contribution in [0.25, 0.3) is 10.9 Å². The molecule has 2 aromatic heterocycles. The number of carbonyl (C=O) groups excluding carboxylic acids is 1. The molecule has 0 saturated heterocycles. The number of carbonyl (C=O) groups is 1. The Morgan fingerprint density at radius 2 is 2.09 bits per heavy atom. The molecule has 5 nitrogen and oxygen atoms in total. The summed E-state index contributed by atoms with van der Waals surface area (Å²) in [6, 6.07) is 10.1. The Bertz CT molecular complexity index is 831. The number of aromatic amines is 2. The molecule has 0 bridgehead atoms. The molecule has 0 aliphatic heterocycles. The maximum absolute atomic E-state index is 12.4. The SMILES string of the molecule is Cc1cc(CC(C)NC(=O)Cc2c(C)[nH]c3ccccc23)n[nH]1. The van der Waals surface area contributed by atoms with Gasteiger partial charge in [-0.25, -0.2) is 0 Å². The summed E-state index contributed by atoms with van der Waals surface area (Å²) in [4.78, 5) is 15.7. The van der Waals surface area contributed by atoms with Crippen LogP contribution < -0.4 is 5.32 Å². The van der Waals surface area contributed by atoms with E-state index in [0.29, 0.717) is 6.42 Å². The Balaban J connectivity index is 1.65. The van der Waals surface area contributed by atoms with E-state index in [9.17, 15) is 4.79 Å². The molecule has 0 fully saturated rings. The van der Waals surface area contributed by atoms with Gasteiger partial charge in [-0.3, -0.25) is 9.89 Å². The molecule has 1 amide bonds. The smallest absolute Gasteiger partial charge is 0.224 e. The summed E-state index contributed by atoms with van der Waals surface area (Å²) in [5, 5.41) is 11.3. The zero-order valence-electron chi connectivity index (χ0n) is 13.7. The van der Waals surface area contributed by atoms with Gasteiger partial charge in [0.25, 0.3) is 0 Å². The second kappa shape index (κ2) is 6.28. The molecule has 0 spiro atoms. The number of H-pyrrole nitrogens is 2. The molecule has 0 aliphatic rings. The van der Waals surface area contributed by atoms with Crippen molar-refractivity contribution in [3.8, 4) is 0 Å². The second-order valence-electron chi connectivity index (χ2n) is 6.17. The molecule has 0 aliphatic carbocycles. The zero-order chi connectivity index (χ0) is 16.4. The Labute approximate surface area is 135 Å². The van der Waals surface area contributed by atoms with E-state index in [1.54, 1.807) is 0 Å². The highest BCUT2D eigenvalue weighted by atomic mass is 16.1. The average Bonchev–Trinajstić information content (AvgIpc) is 3.03. The minimum atomic E-state index is 0.0395. The van der Waals surface area contributed by atoms with Crippen molar-refractivity contribution in [2.75, 3.05) is 0 Å². The molecule has 1 aromatic carbocycles. The van der Waals surface area contributed by atoms with Gasteiger partial charge in [0.15, 0.2) is 0 Å². The summed E-state index contributed by atoms with van der Waals surface area (Å²) in [5.41, 5.74) is 5.21. The third-order valence-corrected chi connectivity index (χ3v) is 4.05. The van der Waals surface area contributed by atoms with Crippen LogP contribution in [0.5, 0.6) is 0 Å². The van der Waals surface area contributed by atoms with E-state index in [-0.39, 0.29) is 11.9 Å². The number of fused-ring (bicyclic) bond motifs is 1. The standard InChI is InChI=1S/C18H22N4O/c1-11(8-14-9-12(2)21-22-14)19-18(23)10-16-13(3)20-17-7-5-4-6-15(16)17/h4-7,9,11,20H,8,10H2,1-3H3,(H,19,23)(H,21,22). The van der Waals surface area contributed by atoms with Crippen LogP contribution in [0.15, 0.2) is 30.3 Å². The quantitative estimate of drug-likeness (QED) is 0.678. The number of amides is 1. The fourth-order valence-electron chi connectivity index (χ4n) is 2.99. The van der Waals surface area contributed by atoms with Crippen molar-refractivity contribution in [3.63, 3.8) is 0 Å². The fraction of sp³-hybridized carbons (Fsp3) is 0.333. The third-order valence-electron chi connectivity index (χ3n) is 4.05. The molecule has 0 saturated carbocycles. The number of hydrogen-bond acceptors (Lipinski definition) is 2. The Hall–Kier alpha value is -2.56. The predicted molar refractivity (Wildman–Crippen MR) is 91.4 cm³/mol. The molecular weight excluding hydrogens is 288 g/mol. The van der Waals surface area contributed by atoms with Crippen LogP contribution in [0, 0.1) is 13.8 Å². The normalized spacial score (nSPS) is 12.5. The molecule has 1 atom stereocenters. The minimum absolute atomic E-state index is 0.0395. The van der Waals surface area contributed by atoms with Crippen LogP contribution in [0.1, 0.15) is 29.6 Å². The van der Waals surface area contributed by atoms with E-state index < -0.39 is 0 Å². The Kier molecular flexibility index (Phi) is 4.19. The van der Waals surface area contributed by atoms with Crippen LogP contribution in [0.4, 0.5) is 0 Å². The first kappa shape index (κ1) is 15.3. The maximum Gasteiger partial charge on any atom is 0.224 e. The topological polar surface area (TPSA) is 73.6 Å². The van der Waals surface area contributed by atoms with Crippen molar-refractivity contribution < 1.29 is 4.79 Å². The van der Waals surface area contributed by atoms with Gasteiger partial charge < -0.3 is 10.3 Å². The van der Waals surface area contributed by atoms with Crippen molar-refractivity contribution >= 4 is 16.8 Å². The van der Waals surface area contributed by atoms with Crippen molar-refractivity contribution in [1.82, 2.24) is 20.5 Å². The van der Waals surface area contributed by atoms with Gasteiger partial charge in [0, 0.05) is 34.8 Å². The van der Waals surface area contributed by atoms with Gasteiger partial charge in [0.1, 0.15) is 0 Å². The highest BCUT2D eigenvalue weighted by Crippen LogP contribution is 2.22. The summed E-state index contributed by atoms with van der Waals surface area (Å²) in [5.74, 6) is 0.0395. The average molecular weight is 310 g/mol. The number of nitrogens with zero attached hydrogens (tertiary/aromatic N) is 1. The first-order valence-electron chi connectivity index (χ1n) is 7.89. The molecule has 1 unspecified atom stereocenters. The van der Waals surface area contributed by atoms with Crippen LogP contribution >= 0.6 is 0 Å². The van der Waals surface area contributed by atoms with E-state index in [1.165, 1.54) is 0 Å². The lowest BCUT2D eigenvalue weighted by Crippen LogP contribution is -2.35. The van der Waals surface area contributed by atoms with Gasteiger partial charge in [-0.05, 0) is 38.5 Å². The van der Waals surface area contributed by atoms with Crippen LogP contribution in [-0.4, -0.2) is 27.1 Å². The predicted octanol–water partition coefficient (Wildman–Crippen LogP) is 2.80. The lowest BCUT2D eigenvalue weighted by atomic mass is 10.1. The van der Waals surface area contributed by atoms with Gasteiger partial charge >= 0.3 is 0 Å². The van der Waals surface area contributed by atoms with Gasteiger partial charge in [-0.2, -0.15) is 5.10 Å². The molecule has 23 heavy (non-hydrogen) atoms. The molecule has 120 valence electrons. The van der Waals surface area contributed by atoms with Crippen molar-refractivity contribution in [1.29, 1.82) is 0 Å². The summed E-state index contributed by atoms with van der Waals surface area (Å²) in [7, 11) is 0. The monoisotopic (exact) mass is 310 g/mol. The Morgan fingerprint density at radius 3 is 2.83 bits per heavy atom. The molecule has 3 N–H and O–H groups in total. The first-order chi connectivity index (χ1) is 11.0. The van der Waals surface area contributed by atoms with Crippen molar-refractivity contribution in [2.45, 2.75) is 39.7 Å². The number of para-hydroxylation sites is 1. The number of aromatic nitrogens is 3. The number of hydrogen-bond donors (Lipinski definition) is 3. The lowest BCUT2D eigenvalue weighted by molar-refractivity contribution is -0.121. The van der Waals surface area contributed by atoms with E-state index >= 15 is 0 Å². The number of aryl methyl sites for hydroxylation is 2. The summed E-state index contributed by atoms with van der Waals surface area (Å²) in [6.45, 7) is 5.99. The number of benzene rings is 1. The van der Waals surface area contributed by atoms with Crippen molar-refractivity contribution in [2.24, 2.45) is 0 Å². The summed E-state index contributed by atoms with van der Waals surface area (Å²) in [6.07, 6.45) is 1.11. The van der Waals surface area contributed by atoms with E-state index in [2.05, 4.69) is 26.6 Å². The van der Waals surface area contributed by atoms with Gasteiger partial charge in [0.05, 0.1) is 12.1 Å². The van der Waals surface area contributed by atoms with Gasteiger partial charge in [-0.15, -0.1) is 0 Å². The third kappa shape index (κ3) is 3.44. The van der Waals surface area contributed by atoms with Crippen LogP contribution in [0.2, 0.25) is 0 Å². The molecule has 5 heteroatoms. The fourth-order valence-corrected chi connectivity index (χ4v) is 2.99. The first-order valence-corrected chi connectivity index (χ1v) is 7.89. The summed E-state index contributed by atoms with van der Waals surface area (Å²) >= 11 is 0. The van der Waals surface area contributed by atoms with Gasteiger partial charge in [0.2, 0.25) is 5.91 Å². The zero-order valence-corrected chi connectivity index (χ0v) is 13.7. The van der Waals surface area contributed by atoms with E-state index in [0.717, 1.165) is 40.0 Å². The molecule has 3 aromatic rings. The van der Waals surface area contributed by atoms with E-state index in [4.69, 9.17) is 0 Å². The maximum atomic E-state index is 12.4. The second-order valence-corrected chi connectivity index (χ2v) is 6.17. The highest BCUT2D eigenvalue weighted by Gasteiger charge is 2.14. The molecular formula is C18H22N4O.